The molecule has 9 heteroatoms. The van der Waals surface area contributed by atoms with Crippen LogP contribution >= 0.6 is 0 Å². The predicted octanol–water partition coefficient (Wildman–Crippen LogP) is 0.586. The Balaban J connectivity index is 2.23. The van der Waals surface area contributed by atoms with Crippen LogP contribution in [0.1, 0.15) is 23.7 Å². The normalized spacial score (nSPS) is 20.2. The molecule has 1 aromatic carbocycles. The van der Waals surface area contributed by atoms with E-state index in [-0.39, 0.29) is 28.4 Å². The standard InChI is InChI=1S/C15H22N2O5S2/c1-4-17(13-9-10-23(19,20)11-13)15(18)12-5-7-14(8-6-12)24(21,22)16(2)3/h5-8,13H,4,9-11H2,1-3H3/t13-/m0/s1. The van der Waals surface area contributed by atoms with Crippen LogP contribution in [0.15, 0.2) is 29.2 Å². The van der Waals surface area contributed by atoms with Crippen molar-refractivity contribution in [2.45, 2.75) is 24.3 Å². The lowest BCUT2D eigenvalue weighted by atomic mass is 10.1. The molecule has 0 saturated carbocycles. The van der Waals surface area contributed by atoms with E-state index in [2.05, 4.69) is 0 Å². The summed E-state index contributed by atoms with van der Waals surface area (Å²) < 4.78 is 48.5. The number of amides is 1. The van der Waals surface area contributed by atoms with E-state index in [0.29, 0.717) is 18.5 Å². The molecule has 1 aliphatic rings. The number of benzene rings is 1. The van der Waals surface area contributed by atoms with Gasteiger partial charge in [0.2, 0.25) is 10.0 Å². The van der Waals surface area contributed by atoms with Gasteiger partial charge in [0.05, 0.1) is 16.4 Å². The molecular formula is C15H22N2O5S2. The maximum Gasteiger partial charge on any atom is 0.254 e. The number of sulfonamides is 1. The van der Waals surface area contributed by atoms with Crippen LogP contribution in [0.2, 0.25) is 0 Å². The molecule has 134 valence electrons. The van der Waals surface area contributed by atoms with Gasteiger partial charge >= 0.3 is 0 Å². The first kappa shape index (κ1) is 18.9. The minimum Gasteiger partial charge on any atom is -0.335 e. The number of nitrogens with zero attached hydrogens (tertiary/aromatic N) is 2. The predicted molar refractivity (Wildman–Crippen MR) is 91.1 cm³/mol. The summed E-state index contributed by atoms with van der Waals surface area (Å²) in [4.78, 5) is 14.3. The van der Waals surface area contributed by atoms with Crippen LogP contribution in [-0.2, 0) is 19.9 Å². The molecule has 1 amide bonds. The van der Waals surface area contributed by atoms with Gasteiger partial charge in [0.1, 0.15) is 0 Å². The molecule has 7 nitrogen and oxygen atoms in total. The highest BCUT2D eigenvalue weighted by molar-refractivity contribution is 7.91. The zero-order valence-corrected chi connectivity index (χ0v) is 15.6. The zero-order valence-electron chi connectivity index (χ0n) is 14.0. The van der Waals surface area contributed by atoms with Crippen LogP contribution < -0.4 is 0 Å². The smallest absolute Gasteiger partial charge is 0.254 e. The molecule has 1 aliphatic heterocycles. The molecule has 1 atom stereocenters. The minimum atomic E-state index is -3.55. The molecule has 0 N–H and O–H groups in total. The van der Waals surface area contributed by atoms with Gasteiger partial charge in [0, 0.05) is 32.2 Å². The van der Waals surface area contributed by atoms with Crippen LogP contribution in [-0.4, -0.2) is 70.1 Å². The number of carbonyl (C=O) groups is 1. The van der Waals surface area contributed by atoms with E-state index in [1.807, 2.05) is 0 Å². The molecular weight excluding hydrogens is 352 g/mol. The molecule has 0 aromatic heterocycles. The first-order valence-corrected chi connectivity index (χ1v) is 10.9. The van der Waals surface area contributed by atoms with Crippen molar-refractivity contribution in [3.8, 4) is 0 Å². The Bertz CT molecular complexity index is 814. The van der Waals surface area contributed by atoms with E-state index < -0.39 is 19.9 Å². The summed E-state index contributed by atoms with van der Waals surface area (Å²) >= 11 is 0. The highest BCUT2D eigenvalue weighted by Gasteiger charge is 2.34. The Hall–Kier alpha value is -1.45. The molecule has 2 rings (SSSR count). The maximum absolute atomic E-state index is 12.6. The molecule has 1 aromatic rings. The maximum atomic E-state index is 12.6. The van der Waals surface area contributed by atoms with Crippen LogP contribution in [0.3, 0.4) is 0 Å². The molecule has 1 fully saturated rings. The molecule has 0 bridgehead atoms. The Labute approximate surface area is 143 Å². The van der Waals surface area contributed by atoms with Crippen molar-refractivity contribution in [2.75, 3.05) is 32.1 Å². The fourth-order valence-corrected chi connectivity index (χ4v) is 5.37. The largest absolute Gasteiger partial charge is 0.335 e. The topological polar surface area (TPSA) is 91.8 Å². The van der Waals surface area contributed by atoms with Crippen molar-refractivity contribution in [1.82, 2.24) is 9.21 Å². The van der Waals surface area contributed by atoms with E-state index in [9.17, 15) is 21.6 Å². The van der Waals surface area contributed by atoms with Gasteiger partial charge in [-0.1, -0.05) is 0 Å². The van der Waals surface area contributed by atoms with E-state index in [1.165, 1.54) is 38.4 Å². The summed E-state index contributed by atoms with van der Waals surface area (Å²) in [6.45, 7) is 2.20. The summed E-state index contributed by atoms with van der Waals surface area (Å²) in [6.07, 6.45) is 0.439. The fourth-order valence-electron chi connectivity index (χ4n) is 2.73. The van der Waals surface area contributed by atoms with Crippen molar-refractivity contribution in [3.05, 3.63) is 29.8 Å². The third-order valence-electron chi connectivity index (χ3n) is 4.13. The van der Waals surface area contributed by atoms with Crippen molar-refractivity contribution >= 4 is 25.8 Å². The summed E-state index contributed by atoms with van der Waals surface area (Å²) in [5, 5.41) is 0. The van der Waals surface area contributed by atoms with Crippen molar-refractivity contribution in [1.29, 1.82) is 0 Å². The minimum absolute atomic E-state index is 0.0142. The third-order valence-corrected chi connectivity index (χ3v) is 7.71. The second kappa shape index (κ2) is 6.81. The lowest BCUT2D eigenvalue weighted by Crippen LogP contribution is -2.41. The van der Waals surface area contributed by atoms with Crippen LogP contribution in [0.5, 0.6) is 0 Å². The number of hydrogen-bond donors (Lipinski definition) is 0. The van der Waals surface area contributed by atoms with Gasteiger partial charge in [-0.15, -0.1) is 0 Å². The summed E-state index contributed by atoms with van der Waals surface area (Å²) in [5.74, 6) is -0.199. The quantitative estimate of drug-likeness (QED) is 0.752. The molecule has 0 radical (unpaired) electrons. The molecule has 24 heavy (non-hydrogen) atoms. The lowest BCUT2D eigenvalue weighted by molar-refractivity contribution is 0.0708. The first-order valence-electron chi connectivity index (χ1n) is 7.62. The van der Waals surface area contributed by atoms with Crippen LogP contribution in [0.4, 0.5) is 0 Å². The first-order chi connectivity index (χ1) is 11.1. The number of carbonyl (C=O) groups excluding carboxylic acids is 1. The van der Waals surface area contributed by atoms with Crippen molar-refractivity contribution in [3.63, 3.8) is 0 Å². The lowest BCUT2D eigenvalue weighted by Gasteiger charge is -2.27. The van der Waals surface area contributed by atoms with Gasteiger partial charge in [-0.2, -0.15) is 0 Å². The number of rotatable bonds is 5. The number of sulfone groups is 1. The Kier molecular flexibility index (Phi) is 5.36. The van der Waals surface area contributed by atoms with Crippen LogP contribution in [0, 0.1) is 0 Å². The van der Waals surface area contributed by atoms with Gasteiger partial charge in [-0.25, -0.2) is 21.1 Å². The Morgan fingerprint density at radius 3 is 2.21 bits per heavy atom. The van der Waals surface area contributed by atoms with Gasteiger partial charge in [0.15, 0.2) is 9.84 Å². The molecule has 1 heterocycles. The average Bonchev–Trinajstić information content (AvgIpc) is 2.87. The summed E-state index contributed by atoms with van der Waals surface area (Å²) in [6, 6.07) is 5.39. The van der Waals surface area contributed by atoms with E-state index in [0.717, 1.165) is 4.31 Å². The van der Waals surface area contributed by atoms with Gasteiger partial charge in [-0.3, -0.25) is 4.79 Å². The molecule has 0 spiro atoms. The Morgan fingerprint density at radius 1 is 1.21 bits per heavy atom. The SMILES string of the molecule is CCN(C(=O)c1ccc(S(=O)(=O)N(C)C)cc1)[C@H]1CCS(=O)(=O)C1. The van der Waals surface area contributed by atoms with Crippen molar-refractivity contribution in [2.24, 2.45) is 0 Å². The van der Waals surface area contributed by atoms with Gasteiger partial charge < -0.3 is 4.90 Å². The van der Waals surface area contributed by atoms with E-state index >= 15 is 0 Å². The van der Waals surface area contributed by atoms with Crippen LogP contribution in [0.25, 0.3) is 0 Å². The molecule has 0 unspecified atom stereocenters. The van der Waals surface area contributed by atoms with Gasteiger partial charge in [-0.05, 0) is 37.6 Å². The Morgan fingerprint density at radius 2 is 1.79 bits per heavy atom. The van der Waals surface area contributed by atoms with E-state index in [4.69, 9.17) is 0 Å². The summed E-state index contributed by atoms with van der Waals surface area (Å²) in [5.41, 5.74) is 0.346. The second-order valence-corrected chi connectivity index (χ2v) is 10.3. The summed E-state index contributed by atoms with van der Waals surface area (Å²) in [7, 11) is -3.75. The van der Waals surface area contributed by atoms with Gasteiger partial charge in [0.25, 0.3) is 5.91 Å². The average molecular weight is 374 g/mol. The zero-order chi connectivity index (χ0) is 18.1. The third kappa shape index (κ3) is 3.79. The van der Waals surface area contributed by atoms with E-state index in [1.54, 1.807) is 11.8 Å². The second-order valence-electron chi connectivity index (χ2n) is 5.96. The highest BCUT2D eigenvalue weighted by Crippen LogP contribution is 2.21. The molecule has 0 aliphatic carbocycles. The fraction of sp³-hybridized carbons (Fsp3) is 0.533. The number of hydrogen-bond acceptors (Lipinski definition) is 5. The van der Waals surface area contributed by atoms with Crippen molar-refractivity contribution < 1.29 is 21.6 Å². The highest BCUT2D eigenvalue weighted by atomic mass is 32.2. The molecule has 1 saturated heterocycles. The monoisotopic (exact) mass is 374 g/mol.